The first kappa shape index (κ1) is 27.3. The van der Waals surface area contributed by atoms with E-state index in [4.69, 9.17) is 16.7 Å². The van der Waals surface area contributed by atoms with Crippen molar-refractivity contribution in [3.63, 3.8) is 0 Å². The maximum Gasteiger partial charge on any atom is 0.322 e. The van der Waals surface area contributed by atoms with E-state index in [1.54, 1.807) is 10.7 Å². The summed E-state index contributed by atoms with van der Waals surface area (Å²) in [7, 11) is 0. The highest BCUT2D eigenvalue weighted by Gasteiger charge is 2.24. The van der Waals surface area contributed by atoms with Crippen LogP contribution in [0.3, 0.4) is 0 Å². The maximum atomic E-state index is 13.2. The quantitative estimate of drug-likeness (QED) is 0.363. The lowest BCUT2D eigenvalue weighted by atomic mass is 9.92. The van der Waals surface area contributed by atoms with E-state index < -0.39 is 0 Å². The van der Waals surface area contributed by atoms with E-state index in [1.165, 1.54) is 4.90 Å². The lowest BCUT2D eigenvalue weighted by Crippen LogP contribution is -2.42. The summed E-state index contributed by atoms with van der Waals surface area (Å²) in [4.78, 5) is 27.8. The van der Waals surface area contributed by atoms with Crippen LogP contribution in [-0.4, -0.2) is 39.7 Å². The minimum Gasteiger partial charge on any atom is -0.315 e. The molecule has 192 valence electrons. The van der Waals surface area contributed by atoms with Crippen LogP contribution >= 0.6 is 11.6 Å². The Hall–Kier alpha value is -3.32. The summed E-state index contributed by atoms with van der Waals surface area (Å²) in [6.45, 7) is 12.6. The molecule has 0 saturated carbocycles. The van der Waals surface area contributed by atoms with Crippen LogP contribution in [0.2, 0.25) is 5.02 Å². The lowest BCUT2D eigenvalue weighted by molar-refractivity contribution is -0.116. The summed E-state index contributed by atoms with van der Waals surface area (Å²) in [5, 5.41) is 11.1. The number of hydrogen-bond acceptors (Lipinski definition) is 3. The predicted molar refractivity (Wildman–Crippen MR) is 147 cm³/mol. The first-order chi connectivity index (χ1) is 17.0. The monoisotopic (exact) mass is 509 g/mol. The first-order valence-electron chi connectivity index (χ1n) is 12.3. The molecule has 0 aliphatic heterocycles. The molecule has 1 heterocycles. The van der Waals surface area contributed by atoms with Crippen molar-refractivity contribution < 1.29 is 9.59 Å². The van der Waals surface area contributed by atoms with E-state index in [0.29, 0.717) is 28.8 Å². The third kappa shape index (κ3) is 7.10. The predicted octanol–water partition coefficient (Wildman–Crippen LogP) is 6.51. The van der Waals surface area contributed by atoms with E-state index in [9.17, 15) is 9.59 Å². The molecule has 1 aromatic heterocycles. The van der Waals surface area contributed by atoms with Gasteiger partial charge in [0.15, 0.2) is 0 Å². The molecule has 0 atom stereocenters. The van der Waals surface area contributed by atoms with Crippen molar-refractivity contribution in [2.75, 3.05) is 23.7 Å². The molecule has 0 aliphatic rings. The van der Waals surface area contributed by atoms with E-state index >= 15 is 0 Å². The van der Waals surface area contributed by atoms with E-state index in [0.717, 1.165) is 17.7 Å². The number of urea groups is 1. The number of rotatable bonds is 8. The van der Waals surface area contributed by atoms with Gasteiger partial charge in [0.2, 0.25) is 5.91 Å². The number of anilines is 2. The van der Waals surface area contributed by atoms with Crippen molar-refractivity contribution in [3.8, 4) is 5.69 Å². The Morgan fingerprint density at radius 3 is 2.42 bits per heavy atom. The van der Waals surface area contributed by atoms with Crippen LogP contribution < -0.4 is 10.6 Å². The minimum atomic E-state index is -0.318. The normalized spacial score (nSPS) is 11.4. The molecule has 0 aliphatic carbocycles. The minimum absolute atomic E-state index is 0.101. The largest absolute Gasteiger partial charge is 0.322 e. The van der Waals surface area contributed by atoms with Gasteiger partial charge >= 0.3 is 6.03 Å². The Balaban J connectivity index is 1.82. The fourth-order valence-corrected chi connectivity index (χ4v) is 3.95. The van der Waals surface area contributed by atoms with Crippen molar-refractivity contribution >= 4 is 35.0 Å². The van der Waals surface area contributed by atoms with Crippen molar-refractivity contribution in [2.45, 2.75) is 53.4 Å². The Bertz CT molecular complexity index is 1210. The van der Waals surface area contributed by atoms with Gasteiger partial charge in [0.25, 0.3) is 0 Å². The highest BCUT2D eigenvalue weighted by atomic mass is 35.5. The lowest BCUT2D eigenvalue weighted by Gasteiger charge is -2.24. The van der Waals surface area contributed by atoms with Gasteiger partial charge < -0.3 is 15.5 Å². The van der Waals surface area contributed by atoms with Gasteiger partial charge in [0, 0.05) is 23.7 Å². The summed E-state index contributed by atoms with van der Waals surface area (Å²) in [5.41, 5.74) is 3.08. The van der Waals surface area contributed by atoms with E-state index in [2.05, 4.69) is 38.3 Å². The van der Waals surface area contributed by atoms with Crippen LogP contribution in [0.25, 0.3) is 5.69 Å². The molecule has 2 N–H and O–H groups in total. The highest BCUT2D eigenvalue weighted by molar-refractivity contribution is 6.32. The molecular formula is C28H36ClN5O2. The van der Waals surface area contributed by atoms with Gasteiger partial charge in [0.1, 0.15) is 12.4 Å². The van der Waals surface area contributed by atoms with Crippen molar-refractivity contribution in [1.29, 1.82) is 0 Å². The molecule has 0 unspecified atom stereocenters. The molecule has 36 heavy (non-hydrogen) atoms. The number of aryl methyl sites for hydroxylation is 1. The Labute approximate surface area is 218 Å². The second kappa shape index (κ2) is 11.6. The SMILES string of the molecule is CCc1cccc(NC(=O)N(CC(=O)Nc2cc(C(C)(C)C)nn2-c2ccccc2Cl)CC(C)C)c1. The van der Waals surface area contributed by atoms with Gasteiger partial charge in [-0.25, -0.2) is 9.48 Å². The number of carbonyl (C=O) groups is 2. The first-order valence-corrected chi connectivity index (χ1v) is 12.7. The third-order valence-electron chi connectivity index (χ3n) is 5.62. The molecule has 2 aromatic carbocycles. The molecule has 0 spiro atoms. The fourth-order valence-electron chi connectivity index (χ4n) is 3.73. The zero-order valence-electron chi connectivity index (χ0n) is 21.9. The van der Waals surface area contributed by atoms with Crippen molar-refractivity contribution in [2.24, 2.45) is 5.92 Å². The summed E-state index contributed by atoms with van der Waals surface area (Å²) in [5.74, 6) is 0.368. The van der Waals surface area contributed by atoms with Gasteiger partial charge in [-0.2, -0.15) is 5.10 Å². The molecule has 3 amide bonds. The standard InChI is InChI=1S/C28H36ClN5O2/c1-7-20-11-10-12-21(15-20)30-27(36)33(17-19(2)3)18-26(35)31-25-16-24(28(4,5)6)32-34(25)23-14-9-8-13-22(23)29/h8-16,19H,7,17-18H2,1-6H3,(H,30,36)(H,31,35). The van der Waals surface area contributed by atoms with Gasteiger partial charge in [0.05, 0.1) is 16.4 Å². The van der Waals surface area contributed by atoms with Crippen molar-refractivity contribution in [1.82, 2.24) is 14.7 Å². The highest BCUT2D eigenvalue weighted by Crippen LogP contribution is 2.29. The number of halogens is 1. The molecular weight excluding hydrogens is 474 g/mol. The van der Waals surface area contributed by atoms with Crippen LogP contribution in [0.5, 0.6) is 0 Å². The molecule has 3 aromatic rings. The Kier molecular flexibility index (Phi) is 8.79. The average Bonchev–Trinajstić information content (AvgIpc) is 3.22. The van der Waals surface area contributed by atoms with Gasteiger partial charge in [-0.05, 0) is 42.2 Å². The smallest absolute Gasteiger partial charge is 0.315 e. The fraction of sp³-hybridized carbons (Fsp3) is 0.393. The number of nitrogens with one attached hydrogen (secondary N) is 2. The molecule has 8 heteroatoms. The van der Waals surface area contributed by atoms with Crippen LogP contribution in [0.1, 0.15) is 52.8 Å². The Morgan fingerprint density at radius 1 is 1.06 bits per heavy atom. The number of benzene rings is 2. The van der Waals surface area contributed by atoms with Crippen LogP contribution in [-0.2, 0) is 16.6 Å². The molecule has 0 bridgehead atoms. The van der Waals surface area contributed by atoms with E-state index in [-0.39, 0.29) is 29.8 Å². The maximum absolute atomic E-state index is 13.2. The van der Waals surface area contributed by atoms with Crippen LogP contribution in [0, 0.1) is 5.92 Å². The summed E-state index contributed by atoms with van der Waals surface area (Å²) < 4.78 is 1.64. The zero-order valence-corrected chi connectivity index (χ0v) is 22.7. The second-order valence-corrected chi connectivity index (χ2v) is 10.7. The summed E-state index contributed by atoms with van der Waals surface area (Å²) >= 11 is 6.44. The van der Waals surface area contributed by atoms with Gasteiger partial charge in [-0.3, -0.25) is 4.79 Å². The Morgan fingerprint density at radius 2 is 1.78 bits per heavy atom. The molecule has 3 rings (SSSR count). The number of nitrogens with zero attached hydrogens (tertiary/aromatic N) is 3. The number of amides is 3. The number of aromatic nitrogens is 2. The van der Waals surface area contributed by atoms with Gasteiger partial charge in [-0.15, -0.1) is 0 Å². The molecule has 0 radical (unpaired) electrons. The molecule has 0 saturated heterocycles. The second-order valence-electron chi connectivity index (χ2n) is 10.3. The number of hydrogen-bond donors (Lipinski definition) is 2. The average molecular weight is 510 g/mol. The van der Waals surface area contributed by atoms with Crippen LogP contribution in [0.4, 0.5) is 16.3 Å². The summed E-state index contributed by atoms with van der Waals surface area (Å²) in [6, 6.07) is 16.6. The molecule has 7 nitrogen and oxygen atoms in total. The summed E-state index contributed by atoms with van der Waals surface area (Å²) in [6.07, 6.45) is 0.873. The van der Waals surface area contributed by atoms with Gasteiger partial charge in [-0.1, -0.05) is 77.4 Å². The van der Waals surface area contributed by atoms with E-state index in [1.807, 2.05) is 62.4 Å². The zero-order chi connectivity index (χ0) is 26.5. The topological polar surface area (TPSA) is 79.3 Å². The third-order valence-corrected chi connectivity index (χ3v) is 5.94. The van der Waals surface area contributed by atoms with Crippen LogP contribution in [0.15, 0.2) is 54.6 Å². The molecule has 0 fully saturated rings. The number of carbonyl (C=O) groups excluding carboxylic acids is 2. The van der Waals surface area contributed by atoms with Crippen molar-refractivity contribution in [3.05, 3.63) is 70.9 Å². The number of para-hydroxylation sites is 1.